The van der Waals surface area contributed by atoms with Crippen LogP contribution in [0.2, 0.25) is 10.0 Å². The molecule has 0 atom stereocenters. The largest absolute Gasteiger partial charge is 0.479 e. The van der Waals surface area contributed by atoms with Crippen LogP contribution in [-0.2, 0) is 13.0 Å². The summed E-state index contributed by atoms with van der Waals surface area (Å²) in [4.78, 5) is 0. The summed E-state index contributed by atoms with van der Waals surface area (Å²) >= 11 is 12.3. The van der Waals surface area contributed by atoms with E-state index in [1.54, 1.807) is 6.07 Å². The van der Waals surface area contributed by atoms with Crippen molar-refractivity contribution in [2.45, 2.75) is 19.9 Å². The fourth-order valence-electron chi connectivity index (χ4n) is 2.08. The van der Waals surface area contributed by atoms with Gasteiger partial charge in [0, 0.05) is 22.8 Å². The van der Waals surface area contributed by atoms with Gasteiger partial charge in [0.05, 0.1) is 5.02 Å². The molecule has 0 spiro atoms. The zero-order chi connectivity index (χ0) is 15.9. The van der Waals surface area contributed by atoms with Crippen molar-refractivity contribution in [3.8, 4) is 18.1 Å². The summed E-state index contributed by atoms with van der Waals surface area (Å²) < 4.78 is 5.53. The Balaban J connectivity index is 2.15. The summed E-state index contributed by atoms with van der Waals surface area (Å²) in [5.74, 6) is 3.01. The number of hydrogen-bond acceptors (Lipinski definition) is 2. The molecule has 0 aromatic heterocycles. The summed E-state index contributed by atoms with van der Waals surface area (Å²) in [6.45, 7) is 2.84. The van der Waals surface area contributed by atoms with Gasteiger partial charge in [0.1, 0.15) is 12.4 Å². The van der Waals surface area contributed by atoms with Gasteiger partial charge in [0.2, 0.25) is 0 Å². The minimum atomic E-state index is 0.166. The van der Waals surface area contributed by atoms with Crippen LogP contribution < -0.4 is 10.1 Å². The minimum absolute atomic E-state index is 0.166. The number of hydrogen-bond donors (Lipinski definition) is 1. The number of benzene rings is 2. The van der Waals surface area contributed by atoms with Crippen LogP contribution in [0.1, 0.15) is 18.1 Å². The molecule has 1 N–H and O–H groups in total. The third-order valence-corrected chi connectivity index (χ3v) is 3.73. The molecule has 2 aromatic rings. The Bertz CT molecular complexity index is 675. The van der Waals surface area contributed by atoms with Crippen molar-refractivity contribution < 1.29 is 4.74 Å². The second-order valence-electron chi connectivity index (χ2n) is 4.77. The van der Waals surface area contributed by atoms with Gasteiger partial charge in [0.15, 0.2) is 0 Å². The Kier molecular flexibility index (Phi) is 6.00. The molecular weight excluding hydrogens is 317 g/mol. The fourth-order valence-corrected chi connectivity index (χ4v) is 2.67. The maximum absolute atomic E-state index is 6.19. The minimum Gasteiger partial charge on any atom is -0.479 e. The van der Waals surface area contributed by atoms with E-state index in [0.29, 0.717) is 22.3 Å². The molecule has 2 aromatic carbocycles. The van der Waals surface area contributed by atoms with Crippen molar-refractivity contribution in [3.63, 3.8) is 0 Å². The molecule has 0 heterocycles. The lowest BCUT2D eigenvalue weighted by Crippen LogP contribution is -2.04. The second-order valence-corrected chi connectivity index (χ2v) is 5.62. The topological polar surface area (TPSA) is 21.3 Å². The van der Waals surface area contributed by atoms with Crippen LogP contribution in [-0.4, -0.2) is 6.61 Å². The molecule has 2 nitrogen and oxygen atoms in total. The maximum atomic E-state index is 6.19. The number of nitrogens with one attached hydrogen (secondary N) is 1. The molecule has 2 rings (SSSR count). The van der Waals surface area contributed by atoms with E-state index < -0.39 is 0 Å². The Morgan fingerprint density at radius 2 is 1.91 bits per heavy atom. The summed E-state index contributed by atoms with van der Waals surface area (Å²) in [6.07, 6.45) is 6.26. The van der Waals surface area contributed by atoms with E-state index in [1.165, 1.54) is 5.56 Å². The van der Waals surface area contributed by atoms with Crippen molar-refractivity contribution in [1.29, 1.82) is 0 Å². The van der Waals surface area contributed by atoms with E-state index in [1.807, 2.05) is 18.2 Å². The van der Waals surface area contributed by atoms with Crippen LogP contribution in [0, 0.1) is 12.3 Å². The smallest absolute Gasteiger partial charge is 0.148 e. The lowest BCUT2D eigenvalue weighted by Gasteiger charge is -2.14. The van der Waals surface area contributed by atoms with Crippen LogP contribution in [0.3, 0.4) is 0 Å². The summed E-state index contributed by atoms with van der Waals surface area (Å²) in [5, 5.41) is 4.36. The molecule has 0 unspecified atom stereocenters. The first-order valence-electron chi connectivity index (χ1n) is 7.01. The number of ether oxygens (including phenoxy) is 1. The lowest BCUT2D eigenvalue weighted by atomic mass is 10.1. The van der Waals surface area contributed by atoms with E-state index in [9.17, 15) is 0 Å². The van der Waals surface area contributed by atoms with Crippen LogP contribution >= 0.6 is 23.2 Å². The van der Waals surface area contributed by atoms with E-state index in [-0.39, 0.29) is 6.61 Å². The second kappa shape index (κ2) is 7.98. The molecule has 0 radical (unpaired) electrons. The van der Waals surface area contributed by atoms with E-state index in [4.69, 9.17) is 34.4 Å². The first-order chi connectivity index (χ1) is 10.6. The predicted octanol–water partition coefficient (Wildman–Crippen LogP) is 5.18. The highest BCUT2D eigenvalue weighted by atomic mass is 35.5. The highest BCUT2D eigenvalue weighted by Gasteiger charge is 2.10. The van der Waals surface area contributed by atoms with Crippen LogP contribution in [0.15, 0.2) is 36.4 Å². The van der Waals surface area contributed by atoms with Gasteiger partial charge < -0.3 is 10.1 Å². The average molecular weight is 334 g/mol. The average Bonchev–Trinajstić information content (AvgIpc) is 2.52. The number of rotatable bonds is 6. The third-order valence-electron chi connectivity index (χ3n) is 3.23. The Morgan fingerprint density at radius 1 is 1.18 bits per heavy atom. The van der Waals surface area contributed by atoms with Gasteiger partial charge in [-0.1, -0.05) is 48.2 Å². The molecule has 0 amide bonds. The van der Waals surface area contributed by atoms with Gasteiger partial charge in [0.25, 0.3) is 0 Å². The number of terminal acetylenes is 1. The monoisotopic (exact) mass is 333 g/mol. The van der Waals surface area contributed by atoms with Crippen LogP contribution in [0.4, 0.5) is 5.69 Å². The Labute approximate surface area is 141 Å². The zero-order valence-electron chi connectivity index (χ0n) is 12.3. The standard InChI is InChI=1S/C18H17Cl2NO/c1-3-9-22-18-14(10-15(19)11-17(18)20)12-21-16-7-5-13(4-2)6-8-16/h1,5-8,10-11,21H,4,9,12H2,2H3. The van der Waals surface area contributed by atoms with E-state index in [0.717, 1.165) is 17.7 Å². The zero-order valence-corrected chi connectivity index (χ0v) is 13.8. The Hall–Kier alpha value is -1.82. The summed E-state index contributed by atoms with van der Waals surface area (Å²) in [7, 11) is 0. The molecule has 0 aliphatic carbocycles. The van der Waals surface area contributed by atoms with E-state index >= 15 is 0 Å². The van der Waals surface area contributed by atoms with Gasteiger partial charge in [-0.2, -0.15) is 0 Å². The molecular formula is C18H17Cl2NO. The number of aryl methyl sites for hydroxylation is 1. The highest BCUT2D eigenvalue weighted by molar-refractivity contribution is 6.35. The molecule has 0 aliphatic heterocycles. The SMILES string of the molecule is C#CCOc1c(Cl)cc(Cl)cc1CNc1ccc(CC)cc1. The molecule has 0 saturated carbocycles. The summed E-state index contributed by atoms with van der Waals surface area (Å²) in [5.41, 5.74) is 3.19. The highest BCUT2D eigenvalue weighted by Crippen LogP contribution is 2.33. The quantitative estimate of drug-likeness (QED) is 0.735. The first-order valence-corrected chi connectivity index (χ1v) is 7.76. The molecule has 0 bridgehead atoms. The maximum Gasteiger partial charge on any atom is 0.148 e. The lowest BCUT2D eigenvalue weighted by molar-refractivity contribution is 0.367. The molecule has 0 fully saturated rings. The van der Waals surface area contributed by atoms with Crippen molar-refractivity contribution in [2.75, 3.05) is 11.9 Å². The van der Waals surface area contributed by atoms with Crippen LogP contribution in [0.5, 0.6) is 5.75 Å². The van der Waals surface area contributed by atoms with Gasteiger partial charge >= 0.3 is 0 Å². The molecule has 4 heteroatoms. The molecule has 114 valence electrons. The third kappa shape index (κ3) is 4.34. The number of halogens is 2. The van der Waals surface area contributed by atoms with Gasteiger partial charge in [-0.3, -0.25) is 0 Å². The van der Waals surface area contributed by atoms with E-state index in [2.05, 4.69) is 30.3 Å². The van der Waals surface area contributed by atoms with Gasteiger partial charge in [-0.15, -0.1) is 6.42 Å². The fraction of sp³-hybridized carbons (Fsp3) is 0.222. The van der Waals surface area contributed by atoms with Gasteiger partial charge in [-0.25, -0.2) is 0 Å². The predicted molar refractivity (Wildman–Crippen MR) is 93.9 cm³/mol. The Morgan fingerprint density at radius 3 is 2.55 bits per heavy atom. The van der Waals surface area contributed by atoms with Crippen molar-refractivity contribution in [2.24, 2.45) is 0 Å². The number of anilines is 1. The van der Waals surface area contributed by atoms with Crippen molar-refractivity contribution in [1.82, 2.24) is 0 Å². The summed E-state index contributed by atoms with van der Waals surface area (Å²) in [6, 6.07) is 11.8. The normalized spacial score (nSPS) is 10.1. The van der Waals surface area contributed by atoms with Crippen LogP contribution in [0.25, 0.3) is 0 Å². The molecule has 0 saturated heterocycles. The molecule has 0 aliphatic rings. The van der Waals surface area contributed by atoms with Crippen molar-refractivity contribution >= 4 is 28.9 Å². The van der Waals surface area contributed by atoms with Gasteiger partial charge in [-0.05, 0) is 36.2 Å². The molecule has 22 heavy (non-hydrogen) atoms. The van der Waals surface area contributed by atoms with Crippen molar-refractivity contribution in [3.05, 3.63) is 57.6 Å². The first kappa shape index (κ1) is 16.5.